The van der Waals surface area contributed by atoms with E-state index in [9.17, 15) is 4.79 Å². The molecule has 74 valence electrons. The normalized spacial score (nSPS) is 15.5. The zero-order chi connectivity index (χ0) is 9.97. The van der Waals surface area contributed by atoms with E-state index in [0.717, 1.165) is 23.7 Å². The summed E-state index contributed by atoms with van der Waals surface area (Å²) in [5.74, 6) is 0.651. The Labute approximate surface area is 87.3 Å². The fraction of sp³-hybridized carbons (Fsp3) is 0.500. The smallest absolute Gasteiger partial charge is 0.187 e. The van der Waals surface area contributed by atoms with Gasteiger partial charge in [0, 0.05) is 18.5 Å². The van der Waals surface area contributed by atoms with Crippen molar-refractivity contribution in [2.45, 2.75) is 24.4 Å². The van der Waals surface area contributed by atoms with Crippen molar-refractivity contribution < 1.29 is 4.79 Å². The SMILES string of the molecule is CSc1nccc(CC(=O)C2CC2)n1. The molecule has 0 saturated heterocycles. The van der Waals surface area contributed by atoms with Crippen molar-refractivity contribution in [3.8, 4) is 0 Å². The summed E-state index contributed by atoms with van der Waals surface area (Å²) >= 11 is 1.50. The molecule has 1 fully saturated rings. The first-order valence-corrected chi connectivity index (χ1v) is 5.90. The standard InChI is InChI=1S/C10H12N2OS/c1-14-10-11-5-4-8(12-10)6-9(13)7-2-3-7/h4-5,7H,2-3,6H2,1H3. The van der Waals surface area contributed by atoms with Gasteiger partial charge in [0.2, 0.25) is 0 Å². The van der Waals surface area contributed by atoms with Gasteiger partial charge < -0.3 is 0 Å². The molecule has 1 aliphatic rings. The molecule has 0 atom stereocenters. The van der Waals surface area contributed by atoms with Gasteiger partial charge in [-0.05, 0) is 25.2 Å². The minimum absolute atomic E-state index is 0.322. The summed E-state index contributed by atoms with van der Waals surface area (Å²) in [6, 6.07) is 1.82. The highest BCUT2D eigenvalue weighted by atomic mass is 32.2. The summed E-state index contributed by atoms with van der Waals surface area (Å²) in [5, 5.41) is 0.742. The lowest BCUT2D eigenvalue weighted by atomic mass is 10.1. The van der Waals surface area contributed by atoms with E-state index in [1.807, 2.05) is 12.3 Å². The Hall–Kier alpha value is -0.900. The number of carbonyl (C=O) groups excluding carboxylic acids is 1. The van der Waals surface area contributed by atoms with Crippen LogP contribution in [0.1, 0.15) is 18.5 Å². The number of carbonyl (C=O) groups is 1. The molecule has 0 unspecified atom stereocenters. The van der Waals surface area contributed by atoms with Crippen LogP contribution in [0.15, 0.2) is 17.4 Å². The summed E-state index contributed by atoms with van der Waals surface area (Å²) in [6.07, 6.45) is 6.26. The van der Waals surface area contributed by atoms with E-state index < -0.39 is 0 Å². The highest BCUT2D eigenvalue weighted by Gasteiger charge is 2.29. The van der Waals surface area contributed by atoms with Crippen molar-refractivity contribution in [1.29, 1.82) is 0 Å². The molecule has 14 heavy (non-hydrogen) atoms. The summed E-state index contributed by atoms with van der Waals surface area (Å²) in [7, 11) is 0. The van der Waals surface area contributed by atoms with Crippen LogP contribution in [0.25, 0.3) is 0 Å². The summed E-state index contributed by atoms with van der Waals surface area (Å²) in [6.45, 7) is 0. The van der Waals surface area contributed by atoms with Gasteiger partial charge in [-0.15, -0.1) is 0 Å². The van der Waals surface area contributed by atoms with E-state index in [1.165, 1.54) is 11.8 Å². The molecule has 1 heterocycles. The maximum atomic E-state index is 11.5. The Bertz CT molecular complexity index is 350. The Morgan fingerprint density at radius 2 is 2.43 bits per heavy atom. The second-order valence-electron chi connectivity index (χ2n) is 3.45. The molecule has 3 nitrogen and oxygen atoms in total. The number of rotatable bonds is 4. The summed E-state index contributed by atoms with van der Waals surface area (Å²) in [4.78, 5) is 19.8. The summed E-state index contributed by atoms with van der Waals surface area (Å²) in [5.41, 5.74) is 0.848. The maximum Gasteiger partial charge on any atom is 0.187 e. The average Bonchev–Trinajstić information content (AvgIpc) is 3.01. The highest BCUT2D eigenvalue weighted by molar-refractivity contribution is 7.98. The van der Waals surface area contributed by atoms with Gasteiger partial charge in [-0.1, -0.05) is 11.8 Å². The van der Waals surface area contributed by atoms with Crippen molar-refractivity contribution in [3.05, 3.63) is 18.0 Å². The molecule has 0 N–H and O–H groups in total. The Morgan fingerprint density at radius 1 is 1.64 bits per heavy atom. The maximum absolute atomic E-state index is 11.5. The first-order chi connectivity index (χ1) is 6.79. The molecule has 1 aliphatic carbocycles. The molecule has 4 heteroatoms. The van der Waals surface area contributed by atoms with Crippen molar-refractivity contribution in [1.82, 2.24) is 9.97 Å². The van der Waals surface area contributed by atoms with Gasteiger partial charge >= 0.3 is 0 Å². The lowest BCUT2D eigenvalue weighted by Crippen LogP contribution is -2.06. The van der Waals surface area contributed by atoms with Crippen molar-refractivity contribution >= 4 is 17.5 Å². The van der Waals surface area contributed by atoms with Crippen LogP contribution < -0.4 is 0 Å². The number of hydrogen-bond acceptors (Lipinski definition) is 4. The van der Waals surface area contributed by atoms with E-state index in [4.69, 9.17) is 0 Å². The molecule has 0 bridgehead atoms. The number of thioether (sulfide) groups is 1. The number of nitrogens with zero attached hydrogens (tertiary/aromatic N) is 2. The third-order valence-electron chi connectivity index (χ3n) is 2.26. The quantitative estimate of drug-likeness (QED) is 0.558. The second kappa shape index (κ2) is 4.09. The molecule has 2 rings (SSSR count). The van der Waals surface area contributed by atoms with Crippen LogP contribution in [-0.4, -0.2) is 22.0 Å². The molecule has 1 aromatic heterocycles. The first-order valence-electron chi connectivity index (χ1n) is 4.68. The molecule has 0 aromatic carbocycles. The van der Waals surface area contributed by atoms with Gasteiger partial charge in [0.15, 0.2) is 5.16 Å². The van der Waals surface area contributed by atoms with Crippen LogP contribution in [0.3, 0.4) is 0 Å². The van der Waals surface area contributed by atoms with E-state index in [1.54, 1.807) is 6.20 Å². The van der Waals surface area contributed by atoms with Gasteiger partial charge in [-0.25, -0.2) is 9.97 Å². The number of Topliss-reactive ketones (excluding diaryl/α,β-unsaturated/α-hetero) is 1. The molecule has 0 aliphatic heterocycles. The molecule has 1 saturated carbocycles. The van der Waals surface area contributed by atoms with Gasteiger partial charge in [-0.3, -0.25) is 4.79 Å². The van der Waals surface area contributed by atoms with Crippen LogP contribution in [0.2, 0.25) is 0 Å². The average molecular weight is 208 g/mol. The molecule has 1 aromatic rings. The zero-order valence-corrected chi connectivity index (χ0v) is 8.88. The van der Waals surface area contributed by atoms with Crippen molar-refractivity contribution in [3.63, 3.8) is 0 Å². The predicted molar refractivity (Wildman–Crippen MR) is 55.2 cm³/mol. The highest BCUT2D eigenvalue weighted by Crippen LogP contribution is 2.30. The molecule has 0 radical (unpaired) electrons. The third-order valence-corrected chi connectivity index (χ3v) is 2.82. The Morgan fingerprint density at radius 3 is 3.07 bits per heavy atom. The van der Waals surface area contributed by atoms with Gasteiger partial charge in [0.25, 0.3) is 0 Å². The molecule has 0 amide bonds. The van der Waals surface area contributed by atoms with Crippen LogP contribution in [0.5, 0.6) is 0 Å². The fourth-order valence-corrected chi connectivity index (χ4v) is 1.68. The van der Waals surface area contributed by atoms with Crippen LogP contribution in [0.4, 0.5) is 0 Å². The van der Waals surface area contributed by atoms with Crippen molar-refractivity contribution in [2.24, 2.45) is 5.92 Å². The first kappa shape index (κ1) is 9.65. The Balaban J connectivity index is 2.04. The van der Waals surface area contributed by atoms with Gasteiger partial charge in [0.05, 0.1) is 5.69 Å². The molecular weight excluding hydrogens is 196 g/mol. The number of hydrogen-bond donors (Lipinski definition) is 0. The van der Waals surface area contributed by atoms with Gasteiger partial charge in [-0.2, -0.15) is 0 Å². The van der Waals surface area contributed by atoms with Crippen LogP contribution in [0, 0.1) is 5.92 Å². The van der Waals surface area contributed by atoms with E-state index in [-0.39, 0.29) is 0 Å². The predicted octanol–water partition coefficient (Wildman–Crippen LogP) is 1.72. The monoisotopic (exact) mass is 208 g/mol. The van der Waals surface area contributed by atoms with Crippen molar-refractivity contribution in [2.75, 3.05) is 6.26 Å². The van der Waals surface area contributed by atoms with E-state index in [2.05, 4.69) is 9.97 Å². The second-order valence-corrected chi connectivity index (χ2v) is 4.23. The van der Waals surface area contributed by atoms with Gasteiger partial charge in [0.1, 0.15) is 5.78 Å². The fourth-order valence-electron chi connectivity index (χ4n) is 1.30. The largest absolute Gasteiger partial charge is 0.299 e. The minimum atomic E-state index is 0.322. The van der Waals surface area contributed by atoms with E-state index >= 15 is 0 Å². The lowest BCUT2D eigenvalue weighted by molar-refractivity contribution is -0.119. The molecular formula is C10H12N2OS. The molecule has 0 spiro atoms. The van der Waals surface area contributed by atoms with Crippen LogP contribution >= 0.6 is 11.8 Å². The Kier molecular flexibility index (Phi) is 2.82. The number of aromatic nitrogens is 2. The zero-order valence-electron chi connectivity index (χ0n) is 8.06. The van der Waals surface area contributed by atoms with E-state index in [0.29, 0.717) is 18.1 Å². The number of ketones is 1. The topological polar surface area (TPSA) is 42.9 Å². The lowest BCUT2D eigenvalue weighted by Gasteiger charge is -2.00. The minimum Gasteiger partial charge on any atom is -0.299 e. The summed E-state index contributed by atoms with van der Waals surface area (Å²) < 4.78 is 0. The third kappa shape index (κ3) is 2.32. The van der Waals surface area contributed by atoms with Crippen LogP contribution in [-0.2, 0) is 11.2 Å².